The number of furan rings is 1. The van der Waals surface area contributed by atoms with Gasteiger partial charge in [0, 0.05) is 31.4 Å². The van der Waals surface area contributed by atoms with Crippen molar-refractivity contribution >= 4 is 35.0 Å². The van der Waals surface area contributed by atoms with E-state index in [1.165, 1.54) is 17.9 Å². The molecule has 2 heterocycles. The fraction of sp³-hybridized carbons (Fsp3) is 0.235. The van der Waals surface area contributed by atoms with Crippen molar-refractivity contribution in [1.29, 1.82) is 0 Å². The Kier molecular flexibility index (Phi) is 4.88. The van der Waals surface area contributed by atoms with E-state index in [4.69, 9.17) is 4.42 Å². The zero-order valence-corrected chi connectivity index (χ0v) is 14.3. The molecule has 1 saturated heterocycles. The van der Waals surface area contributed by atoms with Gasteiger partial charge >= 0.3 is 5.88 Å². The lowest BCUT2D eigenvalue weighted by atomic mass is 9.98. The van der Waals surface area contributed by atoms with Gasteiger partial charge in [-0.05, 0) is 30.3 Å². The summed E-state index contributed by atoms with van der Waals surface area (Å²) < 4.78 is 4.87. The van der Waals surface area contributed by atoms with Gasteiger partial charge in [-0.25, -0.2) is 0 Å². The second-order valence-corrected chi connectivity index (χ2v) is 6.05. The number of anilines is 2. The van der Waals surface area contributed by atoms with E-state index >= 15 is 0 Å². The largest absolute Gasteiger partial charge is 0.433 e. The third-order valence-electron chi connectivity index (χ3n) is 3.99. The first kappa shape index (κ1) is 18.1. The molecule has 2 aromatic rings. The predicted octanol–water partition coefficient (Wildman–Crippen LogP) is 1.86. The number of amides is 3. The molecule has 1 aromatic heterocycles. The molecular weight excluding hydrogens is 356 g/mol. The maximum absolute atomic E-state index is 12.2. The minimum Gasteiger partial charge on any atom is -0.395 e. The number of nitrogens with zero attached hydrogens (tertiary/aromatic N) is 2. The molecule has 3 amide bonds. The van der Waals surface area contributed by atoms with E-state index in [1.807, 2.05) is 0 Å². The average Bonchev–Trinajstić information content (AvgIpc) is 3.05. The predicted molar refractivity (Wildman–Crippen MR) is 94.1 cm³/mol. The van der Waals surface area contributed by atoms with Crippen molar-refractivity contribution in [3.63, 3.8) is 0 Å². The van der Waals surface area contributed by atoms with Crippen LogP contribution in [-0.2, 0) is 9.59 Å². The molecule has 10 nitrogen and oxygen atoms in total. The summed E-state index contributed by atoms with van der Waals surface area (Å²) in [5.74, 6) is -1.93. The van der Waals surface area contributed by atoms with Crippen molar-refractivity contribution in [3.05, 3.63) is 52.3 Å². The van der Waals surface area contributed by atoms with E-state index in [0.29, 0.717) is 11.4 Å². The quantitative estimate of drug-likeness (QED) is 0.607. The van der Waals surface area contributed by atoms with Crippen LogP contribution in [0.3, 0.4) is 0 Å². The summed E-state index contributed by atoms with van der Waals surface area (Å²) in [5.41, 5.74) is 1.19. The smallest absolute Gasteiger partial charge is 0.395 e. The molecule has 1 fully saturated rings. The van der Waals surface area contributed by atoms with Gasteiger partial charge in [0.2, 0.25) is 11.8 Å². The van der Waals surface area contributed by atoms with Crippen LogP contribution in [0.1, 0.15) is 17.5 Å². The van der Waals surface area contributed by atoms with Crippen LogP contribution >= 0.6 is 0 Å². The van der Waals surface area contributed by atoms with Crippen LogP contribution in [-0.4, -0.2) is 40.6 Å². The van der Waals surface area contributed by atoms with E-state index in [9.17, 15) is 24.5 Å². The van der Waals surface area contributed by atoms with Crippen LogP contribution < -0.4 is 10.6 Å². The normalized spacial score (nSPS) is 13.6. The van der Waals surface area contributed by atoms with Gasteiger partial charge in [-0.2, -0.15) is 0 Å². The Labute approximate surface area is 153 Å². The first-order chi connectivity index (χ1) is 12.8. The Bertz CT molecular complexity index is 898. The Morgan fingerprint density at radius 1 is 1.07 bits per heavy atom. The number of hydrogen-bond donors (Lipinski definition) is 2. The highest BCUT2D eigenvalue weighted by molar-refractivity contribution is 5.97. The van der Waals surface area contributed by atoms with Gasteiger partial charge in [0.05, 0.1) is 12.0 Å². The fourth-order valence-electron chi connectivity index (χ4n) is 2.59. The van der Waals surface area contributed by atoms with Gasteiger partial charge in [0.1, 0.15) is 4.92 Å². The number of carbonyl (C=O) groups excluding carboxylic acids is 3. The SMILES string of the molecule is CC(=O)Nc1ccc(NC(=O)C2CN(C(=O)c3ccc([N+](=O)[O-])o3)C2)cc1. The number of nitrogens with one attached hydrogen (secondary N) is 2. The summed E-state index contributed by atoms with van der Waals surface area (Å²) in [7, 11) is 0. The van der Waals surface area contributed by atoms with Gasteiger partial charge in [-0.15, -0.1) is 0 Å². The number of rotatable bonds is 5. The van der Waals surface area contributed by atoms with E-state index in [2.05, 4.69) is 10.6 Å². The molecule has 1 aliphatic rings. The second-order valence-electron chi connectivity index (χ2n) is 6.05. The summed E-state index contributed by atoms with van der Waals surface area (Å²) >= 11 is 0. The highest BCUT2D eigenvalue weighted by Crippen LogP contribution is 2.23. The Hall–Kier alpha value is -3.69. The first-order valence-corrected chi connectivity index (χ1v) is 8.05. The minimum atomic E-state index is -0.722. The first-order valence-electron chi connectivity index (χ1n) is 8.05. The molecule has 1 aromatic carbocycles. The Morgan fingerprint density at radius 2 is 1.67 bits per heavy atom. The molecule has 0 atom stereocenters. The second kappa shape index (κ2) is 7.28. The minimum absolute atomic E-state index is 0.130. The fourth-order valence-corrected chi connectivity index (χ4v) is 2.59. The molecule has 27 heavy (non-hydrogen) atoms. The molecule has 0 saturated carbocycles. The molecule has 140 valence electrons. The van der Waals surface area contributed by atoms with Crippen LogP contribution in [0.25, 0.3) is 0 Å². The molecule has 3 rings (SSSR count). The maximum Gasteiger partial charge on any atom is 0.433 e. The lowest BCUT2D eigenvalue weighted by molar-refractivity contribution is -0.402. The standard InChI is InChI=1S/C17H16N4O6/c1-10(22)18-12-2-4-13(5-3-12)19-16(23)11-8-20(9-11)17(24)14-6-7-15(27-14)21(25)26/h2-7,11H,8-9H2,1H3,(H,18,22)(H,19,23). The van der Waals surface area contributed by atoms with Gasteiger partial charge in [-0.1, -0.05) is 0 Å². The topological polar surface area (TPSA) is 135 Å². The van der Waals surface area contributed by atoms with Gasteiger partial charge in [-0.3, -0.25) is 24.5 Å². The Morgan fingerprint density at radius 3 is 2.19 bits per heavy atom. The molecule has 0 aliphatic carbocycles. The van der Waals surface area contributed by atoms with Crippen LogP contribution in [0.15, 0.2) is 40.8 Å². The van der Waals surface area contributed by atoms with Gasteiger partial charge in [0.25, 0.3) is 5.91 Å². The van der Waals surface area contributed by atoms with Crippen LogP contribution in [0.4, 0.5) is 17.3 Å². The number of hydrogen-bond acceptors (Lipinski definition) is 6. The van der Waals surface area contributed by atoms with Crippen LogP contribution in [0, 0.1) is 16.0 Å². The van der Waals surface area contributed by atoms with E-state index in [0.717, 1.165) is 6.07 Å². The van der Waals surface area contributed by atoms with E-state index in [-0.39, 0.29) is 36.6 Å². The highest BCUT2D eigenvalue weighted by Gasteiger charge is 2.37. The molecule has 0 unspecified atom stereocenters. The average molecular weight is 372 g/mol. The van der Waals surface area contributed by atoms with Crippen molar-refractivity contribution in [2.45, 2.75) is 6.92 Å². The molecule has 2 N–H and O–H groups in total. The van der Waals surface area contributed by atoms with Gasteiger partial charge in [0.15, 0.2) is 5.76 Å². The van der Waals surface area contributed by atoms with Crippen molar-refractivity contribution in [1.82, 2.24) is 4.90 Å². The lowest BCUT2D eigenvalue weighted by Gasteiger charge is -2.37. The maximum atomic E-state index is 12.2. The molecule has 10 heteroatoms. The number of carbonyl (C=O) groups is 3. The number of nitro groups is 1. The van der Waals surface area contributed by atoms with Crippen molar-refractivity contribution in [2.75, 3.05) is 23.7 Å². The monoisotopic (exact) mass is 372 g/mol. The van der Waals surface area contributed by atoms with Crippen LogP contribution in [0.5, 0.6) is 0 Å². The van der Waals surface area contributed by atoms with Crippen LogP contribution in [0.2, 0.25) is 0 Å². The number of benzene rings is 1. The van der Waals surface area contributed by atoms with E-state index < -0.39 is 16.7 Å². The van der Waals surface area contributed by atoms with Gasteiger partial charge < -0.3 is 20.0 Å². The van der Waals surface area contributed by atoms with E-state index in [1.54, 1.807) is 24.3 Å². The number of likely N-dealkylation sites (tertiary alicyclic amines) is 1. The lowest BCUT2D eigenvalue weighted by Crippen LogP contribution is -2.54. The zero-order chi connectivity index (χ0) is 19.6. The van der Waals surface area contributed by atoms with Crippen molar-refractivity contribution in [3.8, 4) is 0 Å². The summed E-state index contributed by atoms with van der Waals surface area (Å²) in [6.07, 6.45) is 0. The van der Waals surface area contributed by atoms with Crippen molar-refractivity contribution < 1.29 is 23.7 Å². The zero-order valence-electron chi connectivity index (χ0n) is 14.3. The molecular formula is C17H16N4O6. The van der Waals surface area contributed by atoms with Crippen molar-refractivity contribution in [2.24, 2.45) is 5.92 Å². The summed E-state index contributed by atoms with van der Waals surface area (Å²) in [6.45, 7) is 1.80. The Balaban J connectivity index is 1.51. The molecule has 0 bridgehead atoms. The summed E-state index contributed by atoms with van der Waals surface area (Å²) in [5, 5.41) is 16.0. The third kappa shape index (κ3) is 4.11. The summed E-state index contributed by atoms with van der Waals surface area (Å²) in [4.78, 5) is 46.6. The highest BCUT2D eigenvalue weighted by atomic mass is 16.6. The summed E-state index contributed by atoms with van der Waals surface area (Å²) in [6, 6.07) is 9.00. The molecule has 1 aliphatic heterocycles. The molecule has 0 radical (unpaired) electrons. The molecule has 0 spiro atoms. The third-order valence-corrected chi connectivity index (χ3v) is 3.99.